The first kappa shape index (κ1) is 34.8. The Morgan fingerprint density at radius 2 is 1.67 bits per heavy atom. The highest BCUT2D eigenvalue weighted by Gasteiger charge is 2.32. The van der Waals surface area contributed by atoms with Crippen molar-refractivity contribution in [1.82, 2.24) is 19.8 Å². The number of hydrogen-bond donors (Lipinski definition) is 1. The number of aromatic nitrogens is 2. The molecule has 0 saturated carbocycles. The molecule has 4 heterocycles. The van der Waals surface area contributed by atoms with E-state index >= 15 is 0 Å². The van der Waals surface area contributed by atoms with Crippen LogP contribution in [0.25, 0.3) is 45.1 Å². The van der Waals surface area contributed by atoms with Gasteiger partial charge in [-0.25, -0.2) is 18.4 Å². The van der Waals surface area contributed by atoms with Crippen LogP contribution in [0.4, 0.5) is 8.78 Å². The van der Waals surface area contributed by atoms with E-state index in [-0.39, 0.29) is 23.6 Å². The van der Waals surface area contributed by atoms with Crippen molar-refractivity contribution in [3.63, 3.8) is 0 Å². The van der Waals surface area contributed by atoms with E-state index in [2.05, 4.69) is 4.90 Å². The number of carboxylic acid groups (broad SMARTS) is 1. The van der Waals surface area contributed by atoms with Crippen molar-refractivity contribution in [1.29, 1.82) is 0 Å². The Balaban J connectivity index is 1.19. The zero-order valence-electron chi connectivity index (χ0n) is 28.5. The lowest BCUT2D eigenvalue weighted by atomic mass is 9.91. The molecular weight excluding hydrogens is 682 g/mol. The smallest absolute Gasteiger partial charge is 0.387 e. The van der Waals surface area contributed by atoms with Gasteiger partial charge in [-0.3, -0.25) is 14.6 Å². The average Bonchev–Trinajstić information content (AvgIpc) is 3.82. The van der Waals surface area contributed by atoms with E-state index < -0.39 is 28.5 Å². The third-order valence-corrected chi connectivity index (χ3v) is 10.7. The van der Waals surface area contributed by atoms with Gasteiger partial charge in [-0.05, 0) is 73.7 Å². The fourth-order valence-electron chi connectivity index (χ4n) is 7.13. The zero-order chi connectivity index (χ0) is 36.0. The number of nitrogens with zero attached hydrogens (tertiary/aromatic N) is 4. The number of carboxylic acids is 1. The van der Waals surface area contributed by atoms with Crippen molar-refractivity contribution in [2.45, 2.75) is 58.9 Å². The summed E-state index contributed by atoms with van der Waals surface area (Å²) in [7, 11) is -3.07. The van der Waals surface area contributed by atoms with Gasteiger partial charge in [0, 0.05) is 61.6 Å². The lowest BCUT2D eigenvalue weighted by Gasteiger charge is -2.24. The van der Waals surface area contributed by atoms with Gasteiger partial charge >= 0.3 is 12.6 Å². The van der Waals surface area contributed by atoms with Gasteiger partial charge in [-0.2, -0.15) is 8.78 Å². The molecule has 2 aliphatic heterocycles. The fraction of sp³-hybridized carbons (Fsp3) is 0.378. The molecule has 2 aromatic heterocycles. The maximum absolute atomic E-state index is 13.5. The lowest BCUT2D eigenvalue weighted by molar-refractivity contribution is -0.142. The number of aliphatic carboxylic acids is 1. The molecule has 11 nitrogen and oxygen atoms in total. The summed E-state index contributed by atoms with van der Waals surface area (Å²) in [6, 6.07) is 14.1. The number of rotatable bonds is 11. The summed E-state index contributed by atoms with van der Waals surface area (Å²) in [4.78, 5) is 25.2. The number of sulfone groups is 1. The second kappa shape index (κ2) is 13.8. The van der Waals surface area contributed by atoms with E-state index in [1.54, 1.807) is 11.0 Å². The Labute approximate surface area is 293 Å². The van der Waals surface area contributed by atoms with Crippen molar-refractivity contribution >= 4 is 26.9 Å². The monoisotopic (exact) mass is 720 g/mol. The SMILES string of the molecule is Cc1c(-c2nc3c(o2)CCN(CCS(C)(=O)=O)C3)cccc1-c1cccc(-c2nc3cc(CN4CCC[C@H]4C(=O)O)c(OC(F)F)cc3o2)c1C. The normalized spacial score (nSPS) is 17.0. The molecule has 14 heteroatoms. The second-order valence-corrected chi connectivity index (χ2v) is 15.6. The number of benzene rings is 3. The summed E-state index contributed by atoms with van der Waals surface area (Å²) in [5.74, 6) is 0.705. The topological polar surface area (TPSA) is 139 Å². The Kier molecular flexibility index (Phi) is 9.42. The van der Waals surface area contributed by atoms with Crippen molar-refractivity contribution in [3.8, 4) is 39.8 Å². The number of halogens is 2. The van der Waals surface area contributed by atoms with Crippen LogP contribution in [0.15, 0.2) is 57.4 Å². The van der Waals surface area contributed by atoms with Gasteiger partial charge in [-0.15, -0.1) is 0 Å². The van der Waals surface area contributed by atoms with E-state index in [1.807, 2.05) is 50.2 Å². The Morgan fingerprint density at radius 3 is 2.31 bits per heavy atom. The molecule has 1 N–H and O–H groups in total. The van der Waals surface area contributed by atoms with E-state index in [1.165, 1.54) is 12.3 Å². The molecule has 3 aromatic carbocycles. The maximum atomic E-state index is 13.5. The van der Waals surface area contributed by atoms with E-state index in [9.17, 15) is 27.1 Å². The van der Waals surface area contributed by atoms with Crippen LogP contribution < -0.4 is 4.74 Å². The van der Waals surface area contributed by atoms with Gasteiger partial charge in [0.05, 0.1) is 11.4 Å². The average molecular weight is 721 g/mol. The molecule has 0 aliphatic carbocycles. The number of fused-ring (bicyclic) bond motifs is 2. The summed E-state index contributed by atoms with van der Waals surface area (Å²) >= 11 is 0. The number of oxazole rings is 2. The van der Waals surface area contributed by atoms with Crippen molar-refractivity contribution in [2.75, 3.05) is 31.6 Å². The minimum Gasteiger partial charge on any atom is -0.480 e. The zero-order valence-corrected chi connectivity index (χ0v) is 29.3. The van der Waals surface area contributed by atoms with Gasteiger partial charge < -0.3 is 18.7 Å². The molecule has 0 unspecified atom stereocenters. The van der Waals surface area contributed by atoms with Crippen LogP contribution in [0.3, 0.4) is 0 Å². The van der Waals surface area contributed by atoms with Gasteiger partial charge in [0.1, 0.15) is 32.9 Å². The number of hydrogen-bond acceptors (Lipinski definition) is 10. The quantitative estimate of drug-likeness (QED) is 0.160. The van der Waals surface area contributed by atoms with Crippen molar-refractivity contribution < 1.29 is 40.7 Å². The van der Waals surface area contributed by atoms with Crippen LogP contribution >= 0.6 is 0 Å². The molecule has 1 fully saturated rings. The van der Waals surface area contributed by atoms with Crippen molar-refractivity contribution in [2.24, 2.45) is 0 Å². The molecule has 0 bridgehead atoms. The van der Waals surface area contributed by atoms with Gasteiger partial charge in [0.25, 0.3) is 0 Å². The third-order valence-electron chi connectivity index (χ3n) is 9.81. The first-order chi connectivity index (χ1) is 24.3. The Morgan fingerprint density at radius 1 is 1.00 bits per heavy atom. The minimum atomic E-state index is -3.07. The first-order valence-corrected chi connectivity index (χ1v) is 18.8. The van der Waals surface area contributed by atoms with E-state index in [0.29, 0.717) is 68.3 Å². The highest BCUT2D eigenvalue weighted by atomic mass is 32.2. The Hall–Kier alpha value is -4.66. The largest absolute Gasteiger partial charge is 0.480 e. The standard InChI is InChI=1S/C37H38F2N4O7S/c1-21-24(25-8-5-10-27(22(25)2)35-41-29-20-42(14-12-31(29)48-35)15-16-51(3,46)47)7-4-9-26(21)34-40-28-17-23(19-43-13-6-11-30(43)36(44)45)32(50-37(38)39)18-33(28)49-34/h4-5,7-10,17-18,30,37H,6,11-16,19-20H2,1-3H3,(H,44,45)/t30-/m0/s1. The summed E-state index contributed by atoms with van der Waals surface area (Å²) in [5.41, 5.74) is 7.25. The molecule has 7 rings (SSSR count). The van der Waals surface area contributed by atoms with Gasteiger partial charge in [0.2, 0.25) is 11.8 Å². The highest BCUT2D eigenvalue weighted by molar-refractivity contribution is 7.90. The third kappa shape index (κ3) is 7.26. The molecular formula is C37H38F2N4O7S. The molecule has 0 spiro atoms. The summed E-state index contributed by atoms with van der Waals surface area (Å²) < 4.78 is 67.5. The number of alkyl halides is 2. The van der Waals surface area contributed by atoms with Crippen LogP contribution in [0.2, 0.25) is 0 Å². The van der Waals surface area contributed by atoms with Crippen LogP contribution in [-0.4, -0.2) is 83.6 Å². The minimum absolute atomic E-state index is 0.0796. The maximum Gasteiger partial charge on any atom is 0.387 e. The predicted molar refractivity (Wildman–Crippen MR) is 186 cm³/mol. The van der Waals surface area contributed by atoms with Gasteiger partial charge in [0.15, 0.2) is 5.58 Å². The first-order valence-electron chi connectivity index (χ1n) is 16.8. The van der Waals surface area contributed by atoms with Crippen molar-refractivity contribution in [3.05, 3.63) is 76.7 Å². The number of carbonyl (C=O) groups is 1. The number of ether oxygens (including phenoxy) is 1. The molecule has 5 aromatic rings. The summed E-state index contributed by atoms with van der Waals surface area (Å²) in [5, 5.41) is 9.63. The van der Waals surface area contributed by atoms with Gasteiger partial charge in [-0.1, -0.05) is 24.3 Å². The fourth-order valence-corrected chi connectivity index (χ4v) is 7.72. The molecule has 1 saturated heterocycles. The predicted octanol–water partition coefficient (Wildman–Crippen LogP) is 6.49. The lowest BCUT2D eigenvalue weighted by Crippen LogP contribution is -2.35. The highest BCUT2D eigenvalue weighted by Crippen LogP contribution is 2.39. The summed E-state index contributed by atoms with van der Waals surface area (Å²) in [6.45, 7) is 3.23. The van der Waals surface area contributed by atoms with E-state index in [0.717, 1.165) is 44.8 Å². The Bertz CT molecular complexity index is 2230. The van der Waals surface area contributed by atoms with Crippen LogP contribution in [-0.2, 0) is 34.1 Å². The van der Waals surface area contributed by atoms with Crippen LogP contribution in [0, 0.1) is 13.8 Å². The van der Waals surface area contributed by atoms with Crippen LogP contribution in [0.5, 0.6) is 5.75 Å². The molecule has 51 heavy (non-hydrogen) atoms. The molecule has 1 atom stereocenters. The molecule has 0 radical (unpaired) electrons. The second-order valence-electron chi connectivity index (χ2n) is 13.3. The molecule has 0 amide bonds. The molecule has 268 valence electrons. The van der Waals surface area contributed by atoms with E-state index in [4.69, 9.17) is 23.5 Å². The summed E-state index contributed by atoms with van der Waals surface area (Å²) in [6.07, 6.45) is 3.08. The number of likely N-dealkylation sites (tertiary alicyclic amines) is 1. The molecule has 2 aliphatic rings. The van der Waals surface area contributed by atoms with Crippen LogP contribution in [0.1, 0.15) is 41.0 Å².